The van der Waals surface area contributed by atoms with Crippen molar-refractivity contribution in [2.75, 3.05) is 43.1 Å². The summed E-state index contributed by atoms with van der Waals surface area (Å²) in [5.41, 5.74) is 2.14. The van der Waals surface area contributed by atoms with Crippen molar-refractivity contribution in [3.8, 4) is 0 Å². The summed E-state index contributed by atoms with van der Waals surface area (Å²) in [5.74, 6) is 1.68. The van der Waals surface area contributed by atoms with Gasteiger partial charge in [-0.05, 0) is 18.6 Å². The number of anilines is 2. The first-order valence-electron chi connectivity index (χ1n) is 8.19. The van der Waals surface area contributed by atoms with E-state index in [0.29, 0.717) is 0 Å². The minimum atomic E-state index is 0.738. The molecule has 3 rings (SSSR count). The quantitative estimate of drug-likeness (QED) is 0.879. The highest BCUT2D eigenvalue weighted by atomic mass is 16.5. The molecule has 2 aromatic rings. The Labute approximate surface area is 136 Å². The smallest absolute Gasteiger partial charge is 0.227 e. The molecule has 2 aromatic heterocycles. The highest BCUT2D eigenvalue weighted by molar-refractivity contribution is 5.44. The van der Waals surface area contributed by atoms with Crippen LogP contribution in [0.3, 0.4) is 0 Å². The standard InChI is InChI=1S/C17H23N5O/c1-2-14-13-16(19-8-6-15-5-3-4-7-18-15)21-17(20-14)22-9-11-23-12-10-22/h3-5,7,13H,2,6,8-12H2,1H3,(H,19,20,21). The zero-order valence-electron chi connectivity index (χ0n) is 13.5. The molecule has 3 heterocycles. The summed E-state index contributed by atoms with van der Waals surface area (Å²) in [6.07, 6.45) is 3.60. The Morgan fingerprint density at radius 1 is 1.17 bits per heavy atom. The Bertz CT molecular complexity index is 614. The largest absolute Gasteiger partial charge is 0.378 e. The van der Waals surface area contributed by atoms with Crippen LogP contribution in [0.15, 0.2) is 30.5 Å². The molecule has 0 unspecified atom stereocenters. The van der Waals surface area contributed by atoms with E-state index in [4.69, 9.17) is 4.74 Å². The summed E-state index contributed by atoms with van der Waals surface area (Å²) >= 11 is 0. The lowest BCUT2D eigenvalue weighted by Crippen LogP contribution is -2.37. The first-order chi connectivity index (χ1) is 11.3. The molecule has 122 valence electrons. The number of rotatable bonds is 6. The minimum Gasteiger partial charge on any atom is -0.378 e. The fraction of sp³-hybridized carbons (Fsp3) is 0.471. The van der Waals surface area contributed by atoms with Crippen molar-refractivity contribution >= 4 is 11.8 Å². The van der Waals surface area contributed by atoms with Crippen LogP contribution in [0.4, 0.5) is 11.8 Å². The SMILES string of the molecule is CCc1cc(NCCc2ccccn2)nc(N2CCOCC2)n1. The molecule has 6 heteroatoms. The Morgan fingerprint density at radius 2 is 2.04 bits per heavy atom. The van der Waals surface area contributed by atoms with Crippen molar-refractivity contribution in [3.63, 3.8) is 0 Å². The van der Waals surface area contributed by atoms with Gasteiger partial charge in [0.1, 0.15) is 5.82 Å². The van der Waals surface area contributed by atoms with Gasteiger partial charge < -0.3 is 15.0 Å². The average Bonchev–Trinajstić information content (AvgIpc) is 2.63. The molecule has 1 fully saturated rings. The van der Waals surface area contributed by atoms with Crippen LogP contribution in [0.1, 0.15) is 18.3 Å². The monoisotopic (exact) mass is 313 g/mol. The minimum absolute atomic E-state index is 0.738. The van der Waals surface area contributed by atoms with Crippen molar-refractivity contribution in [3.05, 3.63) is 41.9 Å². The van der Waals surface area contributed by atoms with Gasteiger partial charge in [-0.15, -0.1) is 0 Å². The first kappa shape index (κ1) is 15.7. The van der Waals surface area contributed by atoms with Crippen LogP contribution in [-0.2, 0) is 17.6 Å². The van der Waals surface area contributed by atoms with Gasteiger partial charge >= 0.3 is 0 Å². The summed E-state index contributed by atoms with van der Waals surface area (Å²) in [7, 11) is 0. The Balaban J connectivity index is 1.65. The van der Waals surface area contributed by atoms with Gasteiger partial charge in [-0.1, -0.05) is 13.0 Å². The summed E-state index contributed by atoms with van der Waals surface area (Å²) in [6, 6.07) is 8.02. The van der Waals surface area contributed by atoms with Gasteiger partial charge in [-0.3, -0.25) is 4.98 Å². The number of pyridine rings is 1. The number of hydrogen-bond acceptors (Lipinski definition) is 6. The van der Waals surface area contributed by atoms with Gasteiger partial charge in [0.25, 0.3) is 0 Å². The van der Waals surface area contributed by atoms with Gasteiger partial charge in [0.15, 0.2) is 0 Å². The number of nitrogens with zero attached hydrogens (tertiary/aromatic N) is 4. The third-order valence-electron chi connectivity index (χ3n) is 3.84. The first-order valence-corrected chi connectivity index (χ1v) is 8.19. The molecule has 0 radical (unpaired) electrons. The zero-order valence-corrected chi connectivity index (χ0v) is 13.5. The van der Waals surface area contributed by atoms with Gasteiger partial charge in [-0.2, -0.15) is 4.98 Å². The lowest BCUT2D eigenvalue weighted by Gasteiger charge is -2.27. The number of hydrogen-bond donors (Lipinski definition) is 1. The highest BCUT2D eigenvalue weighted by Crippen LogP contribution is 2.16. The lowest BCUT2D eigenvalue weighted by molar-refractivity contribution is 0.122. The zero-order chi connectivity index (χ0) is 15.9. The van der Waals surface area contributed by atoms with Gasteiger partial charge in [0, 0.05) is 49.7 Å². The third-order valence-corrected chi connectivity index (χ3v) is 3.84. The second-order valence-corrected chi connectivity index (χ2v) is 5.50. The number of nitrogens with one attached hydrogen (secondary N) is 1. The number of aromatic nitrogens is 3. The van der Waals surface area contributed by atoms with E-state index in [1.54, 1.807) is 0 Å². The van der Waals surface area contributed by atoms with E-state index in [-0.39, 0.29) is 0 Å². The maximum atomic E-state index is 5.40. The van der Waals surface area contributed by atoms with Gasteiger partial charge in [0.05, 0.1) is 13.2 Å². The van der Waals surface area contributed by atoms with E-state index in [9.17, 15) is 0 Å². The molecule has 0 atom stereocenters. The highest BCUT2D eigenvalue weighted by Gasteiger charge is 2.15. The second kappa shape index (κ2) is 7.87. The summed E-state index contributed by atoms with van der Waals surface area (Å²) in [6.45, 7) is 6.09. The molecule has 0 aromatic carbocycles. The van der Waals surface area contributed by atoms with E-state index in [1.165, 1.54) is 0 Å². The van der Waals surface area contributed by atoms with Crippen molar-refractivity contribution in [1.82, 2.24) is 15.0 Å². The molecule has 23 heavy (non-hydrogen) atoms. The summed E-state index contributed by atoms with van der Waals surface area (Å²) < 4.78 is 5.40. The molecule has 0 bridgehead atoms. The van der Waals surface area contributed by atoms with Crippen molar-refractivity contribution in [1.29, 1.82) is 0 Å². The topological polar surface area (TPSA) is 63.2 Å². The van der Waals surface area contributed by atoms with Gasteiger partial charge in [-0.25, -0.2) is 4.98 Å². The molecule has 0 aliphatic carbocycles. The van der Waals surface area contributed by atoms with E-state index in [2.05, 4.69) is 32.1 Å². The maximum Gasteiger partial charge on any atom is 0.227 e. The van der Waals surface area contributed by atoms with E-state index >= 15 is 0 Å². The average molecular weight is 313 g/mol. The Morgan fingerprint density at radius 3 is 2.78 bits per heavy atom. The predicted molar refractivity (Wildman–Crippen MR) is 90.9 cm³/mol. The van der Waals surface area contributed by atoms with Crippen molar-refractivity contribution in [2.45, 2.75) is 19.8 Å². The molecule has 1 aliphatic rings. The van der Waals surface area contributed by atoms with Crippen LogP contribution >= 0.6 is 0 Å². The normalized spacial score (nSPS) is 14.7. The number of aryl methyl sites for hydroxylation is 1. The molecule has 6 nitrogen and oxygen atoms in total. The summed E-state index contributed by atoms with van der Waals surface area (Å²) in [4.78, 5) is 15.8. The van der Waals surface area contributed by atoms with E-state index < -0.39 is 0 Å². The molecule has 1 N–H and O–H groups in total. The fourth-order valence-electron chi connectivity index (χ4n) is 2.52. The molecular weight excluding hydrogens is 290 g/mol. The Kier molecular flexibility index (Phi) is 5.37. The van der Waals surface area contributed by atoms with Crippen LogP contribution in [-0.4, -0.2) is 47.8 Å². The van der Waals surface area contributed by atoms with Crippen LogP contribution in [0.5, 0.6) is 0 Å². The third kappa shape index (κ3) is 4.39. The van der Waals surface area contributed by atoms with Crippen LogP contribution in [0.2, 0.25) is 0 Å². The van der Waals surface area contributed by atoms with E-state index in [1.807, 2.05) is 30.5 Å². The van der Waals surface area contributed by atoms with Crippen LogP contribution in [0, 0.1) is 0 Å². The molecule has 0 spiro atoms. The molecule has 1 saturated heterocycles. The van der Waals surface area contributed by atoms with Crippen LogP contribution in [0.25, 0.3) is 0 Å². The van der Waals surface area contributed by atoms with Gasteiger partial charge in [0.2, 0.25) is 5.95 Å². The second-order valence-electron chi connectivity index (χ2n) is 5.50. The molecule has 0 amide bonds. The number of morpholine rings is 1. The lowest BCUT2D eigenvalue weighted by atomic mass is 10.2. The maximum absolute atomic E-state index is 5.40. The Hall–Kier alpha value is -2.21. The van der Waals surface area contributed by atoms with E-state index in [0.717, 1.165) is 68.8 Å². The predicted octanol–water partition coefficient (Wildman–Crippen LogP) is 1.93. The van der Waals surface area contributed by atoms with Crippen molar-refractivity contribution < 1.29 is 4.74 Å². The van der Waals surface area contributed by atoms with Crippen molar-refractivity contribution in [2.24, 2.45) is 0 Å². The van der Waals surface area contributed by atoms with Crippen LogP contribution < -0.4 is 10.2 Å². The molecular formula is C17H23N5O. The number of ether oxygens (including phenoxy) is 1. The summed E-state index contributed by atoms with van der Waals surface area (Å²) in [5, 5.41) is 3.40. The molecule has 0 saturated carbocycles. The molecule has 1 aliphatic heterocycles. The fourth-order valence-corrected chi connectivity index (χ4v) is 2.52.